The van der Waals surface area contributed by atoms with Crippen LogP contribution in [0.4, 0.5) is 10.5 Å². The lowest BCUT2D eigenvalue weighted by molar-refractivity contribution is -0.127. The predicted molar refractivity (Wildman–Crippen MR) is 123 cm³/mol. The number of nitrogens with one attached hydrogen (secondary N) is 2. The summed E-state index contributed by atoms with van der Waals surface area (Å²) in [6.45, 7) is 6.31. The minimum Gasteiger partial charge on any atom is -0.486 e. The molecule has 2 aromatic carbocycles. The summed E-state index contributed by atoms with van der Waals surface area (Å²) in [6, 6.07) is 14.9. The van der Waals surface area contributed by atoms with Gasteiger partial charge in [-0.2, -0.15) is 0 Å². The fourth-order valence-corrected chi connectivity index (χ4v) is 4.26. The lowest BCUT2D eigenvalue weighted by atomic mass is 9.92. The molecule has 32 heavy (non-hydrogen) atoms. The van der Waals surface area contributed by atoms with Gasteiger partial charge in [-0.15, -0.1) is 0 Å². The van der Waals surface area contributed by atoms with E-state index in [0.29, 0.717) is 26.3 Å². The molecule has 2 atom stereocenters. The number of hydrogen-bond acceptors (Lipinski definition) is 4. The van der Waals surface area contributed by atoms with Gasteiger partial charge in [-0.25, -0.2) is 4.79 Å². The maximum absolute atomic E-state index is 13.2. The van der Waals surface area contributed by atoms with Crippen molar-refractivity contribution < 1.29 is 19.1 Å². The number of amides is 3. The lowest BCUT2D eigenvalue weighted by Gasteiger charge is -2.33. The highest BCUT2D eigenvalue weighted by molar-refractivity contribution is 5.90. The quantitative estimate of drug-likeness (QED) is 0.734. The third kappa shape index (κ3) is 5.15. The van der Waals surface area contributed by atoms with Crippen molar-refractivity contribution in [2.75, 3.05) is 31.6 Å². The number of rotatable bonds is 5. The Hall–Kier alpha value is -3.22. The van der Waals surface area contributed by atoms with Crippen molar-refractivity contribution in [2.24, 2.45) is 11.8 Å². The number of carbonyl (C=O) groups excluding carboxylic acids is 2. The Labute approximate surface area is 189 Å². The van der Waals surface area contributed by atoms with Crippen LogP contribution in [0.15, 0.2) is 48.5 Å². The molecule has 0 spiro atoms. The SMILES string of the molecule is CC(C)C(NC(=O)C1CCCN(C(=O)Nc2ccccc2)C1)c1ccc2c(c1)OCCO2. The second-order valence-corrected chi connectivity index (χ2v) is 8.71. The molecule has 7 heteroatoms. The molecule has 2 unspecified atom stereocenters. The van der Waals surface area contributed by atoms with Crippen molar-refractivity contribution in [3.05, 3.63) is 54.1 Å². The summed E-state index contributed by atoms with van der Waals surface area (Å²) >= 11 is 0. The number of nitrogens with zero attached hydrogens (tertiary/aromatic N) is 1. The van der Waals surface area contributed by atoms with Crippen molar-refractivity contribution in [1.82, 2.24) is 10.2 Å². The molecule has 3 amide bonds. The summed E-state index contributed by atoms with van der Waals surface area (Å²) in [5.41, 5.74) is 1.75. The van der Waals surface area contributed by atoms with E-state index in [2.05, 4.69) is 24.5 Å². The van der Waals surface area contributed by atoms with E-state index in [0.717, 1.165) is 35.6 Å². The molecule has 1 fully saturated rings. The van der Waals surface area contributed by atoms with Crippen LogP contribution in [0, 0.1) is 11.8 Å². The van der Waals surface area contributed by atoms with Crippen LogP contribution >= 0.6 is 0 Å². The molecular formula is C25H31N3O4. The molecule has 7 nitrogen and oxygen atoms in total. The third-order valence-corrected chi connectivity index (χ3v) is 5.99. The largest absolute Gasteiger partial charge is 0.486 e. The minimum atomic E-state index is -0.233. The zero-order valence-corrected chi connectivity index (χ0v) is 18.7. The Kier molecular flexibility index (Phi) is 6.83. The molecular weight excluding hydrogens is 406 g/mol. The highest BCUT2D eigenvalue weighted by Gasteiger charge is 2.31. The number of benzene rings is 2. The van der Waals surface area contributed by atoms with E-state index in [1.54, 1.807) is 4.90 Å². The standard InChI is InChI=1S/C25H31N3O4/c1-17(2)23(18-10-11-21-22(15-18)32-14-13-31-21)27-24(29)19-7-6-12-28(16-19)25(30)26-20-8-4-3-5-9-20/h3-5,8-11,15,17,19,23H,6-7,12-14,16H2,1-2H3,(H,26,30)(H,27,29). The second-order valence-electron chi connectivity index (χ2n) is 8.71. The van der Waals surface area contributed by atoms with Gasteiger partial charge >= 0.3 is 6.03 Å². The molecule has 2 N–H and O–H groups in total. The molecule has 2 aliphatic heterocycles. The van der Waals surface area contributed by atoms with Crippen LogP contribution in [-0.4, -0.2) is 43.1 Å². The predicted octanol–water partition coefficient (Wildman–Crippen LogP) is 4.22. The van der Waals surface area contributed by atoms with E-state index in [1.165, 1.54) is 0 Å². The van der Waals surface area contributed by atoms with E-state index < -0.39 is 0 Å². The topological polar surface area (TPSA) is 79.9 Å². The third-order valence-electron chi connectivity index (χ3n) is 5.99. The Morgan fingerprint density at radius 2 is 1.78 bits per heavy atom. The van der Waals surface area contributed by atoms with Gasteiger partial charge in [-0.1, -0.05) is 38.1 Å². The van der Waals surface area contributed by atoms with Crippen molar-refractivity contribution >= 4 is 17.6 Å². The van der Waals surface area contributed by atoms with Gasteiger partial charge in [0, 0.05) is 18.8 Å². The van der Waals surface area contributed by atoms with Crippen LogP contribution in [0.2, 0.25) is 0 Å². The molecule has 0 aromatic heterocycles. The number of hydrogen-bond donors (Lipinski definition) is 2. The minimum absolute atomic E-state index is 0.0178. The Balaban J connectivity index is 1.40. The summed E-state index contributed by atoms with van der Waals surface area (Å²) in [5.74, 6) is 1.40. The number of ether oxygens (including phenoxy) is 2. The van der Waals surface area contributed by atoms with Crippen LogP contribution < -0.4 is 20.1 Å². The number of fused-ring (bicyclic) bond motifs is 1. The molecule has 0 radical (unpaired) electrons. The maximum Gasteiger partial charge on any atom is 0.321 e. The van der Waals surface area contributed by atoms with Gasteiger partial charge in [0.15, 0.2) is 11.5 Å². The van der Waals surface area contributed by atoms with Crippen molar-refractivity contribution in [3.8, 4) is 11.5 Å². The lowest BCUT2D eigenvalue weighted by Crippen LogP contribution is -2.47. The molecule has 0 saturated carbocycles. The Bertz CT molecular complexity index is 947. The van der Waals surface area contributed by atoms with Crippen molar-refractivity contribution in [2.45, 2.75) is 32.7 Å². The highest BCUT2D eigenvalue weighted by atomic mass is 16.6. The first-order chi connectivity index (χ1) is 15.5. The molecule has 2 aromatic rings. The van der Waals surface area contributed by atoms with E-state index in [1.807, 2.05) is 48.5 Å². The van der Waals surface area contributed by atoms with Crippen molar-refractivity contribution in [3.63, 3.8) is 0 Å². The monoisotopic (exact) mass is 437 g/mol. The second kappa shape index (κ2) is 9.94. The zero-order valence-electron chi connectivity index (χ0n) is 18.7. The number of anilines is 1. The smallest absolute Gasteiger partial charge is 0.321 e. The van der Waals surface area contributed by atoms with Gasteiger partial charge in [0.05, 0.1) is 12.0 Å². The van der Waals surface area contributed by atoms with E-state index in [9.17, 15) is 9.59 Å². The summed E-state index contributed by atoms with van der Waals surface area (Å²) in [4.78, 5) is 27.6. The number of urea groups is 1. The van der Waals surface area contributed by atoms with Crippen LogP contribution in [0.1, 0.15) is 38.3 Å². The van der Waals surface area contributed by atoms with Crippen LogP contribution in [0.25, 0.3) is 0 Å². The van der Waals surface area contributed by atoms with Gasteiger partial charge in [0.1, 0.15) is 13.2 Å². The fourth-order valence-electron chi connectivity index (χ4n) is 4.26. The number of likely N-dealkylation sites (tertiary alicyclic amines) is 1. The number of piperidine rings is 1. The van der Waals surface area contributed by atoms with Crippen LogP contribution in [0.3, 0.4) is 0 Å². The molecule has 4 rings (SSSR count). The van der Waals surface area contributed by atoms with Gasteiger partial charge in [0.2, 0.25) is 5.91 Å². The number of para-hydroxylation sites is 1. The number of carbonyl (C=O) groups is 2. The summed E-state index contributed by atoms with van der Waals surface area (Å²) in [7, 11) is 0. The first kappa shape index (κ1) is 22.0. The first-order valence-electron chi connectivity index (χ1n) is 11.3. The summed E-state index contributed by atoms with van der Waals surface area (Å²) in [5, 5.41) is 6.14. The molecule has 2 aliphatic rings. The van der Waals surface area contributed by atoms with Crippen LogP contribution in [-0.2, 0) is 4.79 Å². The first-order valence-corrected chi connectivity index (χ1v) is 11.3. The molecule has 2 heterocycles. The fraction of sp³-hybridized carbons (Fsp3) is 0.440. The average molecular weight is 438 g/mol. The maximum atomic E-state index is 13.2. The molecule has 1 saturated heterocycles. The summed E-state index contributed by atoms with van der Waals surface area (Å²) < 4.78 is 11.3. The Morgan fingerprint density at radius 1 is 1.03 bits per heavy atom. The zero-order chi connectivity index (χ0) is 22.5. The normalized spacial score (nSPS) is 18.7. The molecule has 0 bridgehead atoms. The molecule has 0 aliphatic carbocycles. The van der Waals surface area contributed by atoms with Crippen molar-refractivity contribution in [1.29, 1.82) is 0 Å². The summed E-state index contributed by atoms with van der Waals surface area (Å²) in [6.07, 6.45) is 1.57. The van der Waals surface area contributed by atoms with Gasteiger partial charge < -0.3 is 25.0 Å². The molecule has 170 valence electrons. The highest BCUT2D eigenvalue weighted by Crippen LogP contribution is 2.34. The van der Waals surface area contributed by atoms with E-state index in [-0.39, 0.29) is 29.8 Å². The van der Waals surface area contributed by atoms with Crippen LogP contribution in [0.5, 0.6) is 11.5 Å². The van der Waals surface area contributed by atoms with Gasteiger partial charge in [-0.05, 0) is 48.6 Å². The van der Waals surface area contributed by atoms with Gasteiger partial charge in [0.25, 0.3) is 0 Å². The van der Waals surface area contributed by atoms with E-state index >= 15 is 0 Å². The Morgan fingerprint density at radius 3 is 2.53 bits per heavy atom. The average Bonchev–Trinajstić information content (AvgIpc) is 2.82. The van der Waals surface area contributed by atoms with Gasteiger partial charge in [-0.3, -0.25) is 4.79 Å². The van der Waals surface area contributed by atoms with E-state index in [4.69, 9.17) is 9.47 Å².